The van der Waals surface area contributed by atoms with Gasteiger partial charge in [0.05, 0.1) is 49.7 Å². The lowest BCUT2D eigenvalue weighted by Gasteiger charge is -2.46. The molecule has 248 valence electrons. The standard InChI is InChI=1S/C34H47ClN2O8/c1-8-41-26-20-34(21-26,32(39)44-11-4)36-33(40)37(17-18-45-24(7)25-15-13-12-14-16-25)22(5)27-19-28(42-9-2)29(23(6)38)31(30(27)35)43-10-3/h12-16,19,22,24,26H,8-11,17-18,20-21H2,1-7H3,(H,36,40)/t22?,24-,26?,34?/m0/s1. The maximum atomic E-state index is 14.1. The first-order valence-corrected chi connectivity index (χ1v) is 16.1. The van der Waals surface area contributed by atoms with E-state index in [1.54, 1.807) is 24.8 Å². The second kappa shape index (κ2) is 16.8. The molecule has 45 heavy (non-hydrogen) atoms. The van der Waals surface area contributed by atoms with Crippen molar-refractivity contribution in [2.75, 3.05) is 39.6 Å². The van der Waals surface area contributed by atoms with E-state index < -0.39 is 23.6 Å². The van der Waals surface area contributed by atoms with Gasteiger partial charge in [-0.05, 0) is 60.1 Å². The van der Waals surface area contributed by atoms with E-state index in [4.69, 9.17) is 35.3 Å². The molecule has 0 saturated heterocycles. The number of nitrogens with one attached hydrogen (secondary N) is 1. The molecule has 2 aromatic carbocycles. The Labute approximate surface area is 271 Å². The van der Waals surface area contributed by atoms with Crippen LogP contribution in [0.1, 0.15) is 94.9 Å². The van der Waals surface area contributed by atoms with Crippen LogP contribution < -0.4 is 14.8 Å². The van der Waals surface area contributed by atoms with Crippen molar-refractivity contribution in [1.82, 2.24) is 10.2 Å². The van der Waals surface area contributed by atoms with Gasteiger partial charge in [0.15, 0.2) is 11.5 Å². The zero-order chi connectivity index (χ0) is 33.1. The normalized spacial score (nSPS) is 18.7. The van der Waals surface area contributed by atoms with E-state index in [0.717, 1.165) is 5.56 Å². The van der Waals surface area contributed by atoms with Crippen molar-refractivity contribution in [3.8, 4) is 11.5 Å². The van der Waals surface area contributed by atoms with Gasteiger partial charge in [0.2, 0.25) is 0 Å². The number of urea groups is 1. The number of hydrogen-bond acceptors (Lipinski definition) is 8. The van der Waals surface area contributed by atoms with Gasteiger partial charge in [-0.1, -0.05) is 41.9 Å². The molecular formula is C34H47ClN2O8. The highest BCUT2D eigenvalue weighted by atomic mass is 35.5. The number of carbonyl (C=O) groups is 3. The van der Waals surface area contributed by atoms with Crippen molar-refractivity contribution in [2.24, 2.45) is 0 Å². The van der Waals surface area contributed by atoms with Crippen LogP contribution in [0.15, 0.2) is 36.4 Å². The fourth-order valence-electron chi connectivity index (χ4n) is 5.54. The van der Waals surface area contributed by atoms with Gasteiger partial charge in [-0.25, -0.2) is 9.59 Å². The summed E-state index contributed by atoms with van der Waals surface area (Å²) in [6.45, 7) is 14.0. The summed E-state index contributed by atoms with van der Waals surface area (Å²) >= 11 is 6.92. The highest BCUT2D eigenvalue weighted by Crippen LogP contribution is 2.43. The first kappa shape index (κ1) is 36.1. The predicted molar refractivity (Wildman–Crippen MR) is 172 cm³/mol. The molecule has 2 aromatic rings. The Morgan fingerprint density at radius 2 is 1.67 bits per heavy atom. The number of rotatable bonds is 17. The Balaban J connectivity index is 1.99. The number of amides is 2. The topological polar surface area (TPSA) is 113 Å². The van der Waals surface area contributed by atoms with Crippen molar-refractivity contribution >= 4 is 29.4 Å². The summed E-state index contributed by atoms with van der Waals surface area (Å²) in [7, 11) is 0. The van der Waals surface area contributed by atoms with Crippen molar-refractivity contribution in [3.05, 3.63) is 58.1 Å². The molecule has 1 saturated carbocycles. The number of nitrogens with zero attached hydrogens (tertiary/aromatic N) is 1. The molecule has 0 bridgehead atoms. The molecule has 3 rings (SSSR count). The minimum atomic E-state index is -1.22. The molecule has 1 unspecified atom stereocenters. The zero-order valence-corrected chi connectivity index (χ0v) is 28.2. The predicted octanol–water partition coefficient (Wildman–Crippen LogP) is 6.69. The SMILES string of the molecule is CCOC(=O)C1(NC(=O)N(CCO[C@@H](C)c2ccccc2)C(C)c2cc(OCC)c(C(C)=O)c(OCC)c2Cl)CC(OCC)C1. The summed E-state index contributed by atoms with van der Waals surface area (Å²) in [6, 6.07) is 10.3. The molecule has 0 aromatic heterocycles. The van der Waals surface area contributed by atoms with Gasteiger partial charge in [-0.3, -0.25) is 4.79 Å². The van der Waals surface area contributed by atoms with E-state index >= 15 is 0 Å². The summed E-state index contributed by atoms with van der Waals surface area (Å²) in [5.41, 5.74) is 0.544. The number of carbonyl (C=O) groups excluding carboxylic acids is 3. The first-order valence-electron chi connectivity index (χ1n) is 15.7. The van der Waals surface area contributed by atoms with Crippen LogP contribution in [0, 0.1) is 0 Å². The van der Waals surface area contributed by atoms with Crippen molar-refractivity contribution in [3.63, 3.8) is 0 Å². The van der Waals surface area contributed by atoms with E-state index in [1.807, 2.05) is 58.0 Å². The molecule has 10 nitrogen and oxygen atoms in total. The third-order valence-electron chi connectivity index (χ3n) is 7.87. The largest absolute Gasteiger partial charge is 0.493 e. The summed E-state index contributed by atoms with van der Waals surface area (Å²) in [5, 5.41) is 3.17. The molecule has 1 N–H and O–H groups in total. The second-order valence-corrected chi connectivity index (χ2v) is 11.3. The van der Waals surface area contributed by atoms with Crippen LogP contribution in [0.25, 0.3) is 0 Å². The molecule has 2 atom stereocenters. The van der Waals surface area contributed by atoms with Crippen LogP contribution in [-0.4, -0.2) is 73.9 Å². The van der Waals surface area contributed by atoms with Gasteiger partial charge in [0, 0.05) is 31.6 Å². The zero-order valence-electron chi connectivity index (χ0n) is 27.4. The number of benzene rings is 2. The third kappa shape index (κ3) is 8.68. The van der Waals surface area contributed by atoms with Crippen molar-refractivity contribution in [2.45, 2.75) is 85.1 Å². The Morgan fingerprint density at radius 3 is 2.24 bits per heavy atom. The molecule has 0 radical (unpaired) electrons. The van der Waals surface area contributed by atoms with Gasteiger partial charge in [0.25, 0.3) is 0 Å². The van der Waals surface area contributed by atoms with Crippen LogP contribution in [0.4, 0.5) is 4.79 Å². The monoisotopic (exact) mass is 646 g/mol. The van der Waals surface area contributed by atoms with E-state index in [9.17, 15) is 14.4 Å². The van der Waals surface area contributed by atoms with Crippen molar-refractivity contribution < 1.29 is 38.1 Å². The van der Waals surface area contributed by atoms with Gasteiger partial charge in [-0.2, -0.15) is 0 Å². The molecule has 1 fully saturated rings. The molecule has 0 spiro atoms. The number of ketones is 1. The number of ether oxygens (including phenoxy) is 5. The highest BCUT2D eigenvalue weighted by molar-refractivity contribution is 6.33. The Hall–Kier alpha value is -3.34. The summed E-state index contributed by atoms with van der Waals surface area (Å²) in [5.74, 6) is -0.242. The summed E-state index contributed by atoms with van der Waals surface area (Å²) in [4.78, 5) is 41.5. The molecule has 1 aliphatic carbocycles. The molecule has 0 aliphatic heterocycles. The average Bonchev–Trinajstić information content (AvgIpc) is 2.99. The lowest BCUT2D eigenvalue weighted by atomic mass is 9.74. The van der Waals surface area contributed by atoms with Gasteiger partial charge >= 0.3 is 12.0 Å². The van der Waals surface area contributed by atoms with Crippen LogP contribution in [0.2, 0.25) is 5.02 Å². The fourth-order valence-corrected chi connectivity index (χ4v) is 5.90. The molecule has 1 aliphatic rings. The van der Waals surface area contributed by atoms with E-state index in [0.29, 0.717) is 37.4 Å². The third-order valence-corrected chi connectivity index (χ3v) is 8.26. The van der Waals surface area contributed by atoms with Gasteiger partial charge in [0.1, 0.15) is 16.9 Å². The number of Topliss-reactive ketones (excluding diaryl/α,β-unsaturated/α-hetero) is 1. The maximum absolute atomic E-state index is 14.1. The van der Waals surface area contributed by atoms with E-state index in [1.165, 1.54) is 6.92 Å². The average molecular weight is 647 g/mol. The van der Waals surface area contributed by atoms with Gasteiger partial charge < -0.3 is 33.9 Å². The van der Waals surface area contributed by atoms with Crippen LogP contribution >= 0.6 is 11.6 Å². The lowest BCUT2D eigenvalue weighted by Crippen LogP contribution is -2.67. The maximum Gasteiger partial charge on any atom is 0.332 e. The van der Waals surface area contributed by atoms with Crippen molar-refractivity contribution in [1.29, 1.82) is 0 Å². The molecule has 11 heteroatoms. The van der Waals surface area contributed by atoms with E-state index in [2.05, 4.69) is 5.32 Å². The summed E-state index contributed by atoms with van der Waals surface area (Å²) in [6.07, 6.45) is 0.207. The quantitative estimate of drug-likeness (QED) is 0.149. The minimum Gasteiger partial charge on any atom is -0.493 e. The Kier molecular flexibility index (Phi) is 13.5. The molecule has 2 amide bonds. The second-order valence-electron chi connectivity index (χ2n) is 10.9. The van der Waals surface area contributed by atoms with Crippen LogP contribution in [-0.2, 0) is 19.0 Å². The molecular weight excluding hydrogens is 600 g/mol. The van der Waals surface area contributed by atoms with Crippen LogP contribution in [0.3, 0.4) is 0 Å². The van der Waals surface area contributed by atoms with E-state index in [-0.39, 0.29) is 60.7 Å². The Morgan fingerprint density at radius 1 is 1.00 bits per heavy atom. The van der Waals surface area contributed by atoms with Crippen LogP contribution in [0.5, 0.6) is 11.5 Å². The number of halogens is 1. The lowest BCUT2D eigenvalue weighted by molar-refractivity contribution is -0.163. The summed E-state index contributed by atoms with van der Waals surface area (Å²) < 4.78 is 28.9. The highest BCUT2D eigenvalue weighted by Gasteiger charge is 2.54. The minimum absolute atomic E-state index is 0.163. The molecule has 0 heterocycles. The number of esters is 1. The first-order chi connectivity index (χ1) is 21.5. The smallest absolute Gasteiger partial charge is 0.332 e. The Bertz CT molecular complexity index is 1300. The van der Waals surface area contributed by atoms with Gasteiger partial charge in [-0.15, -0.1) is 0 Å². The fraction of sp³-hybridized carbons (Fsp3) is 0.559. The number of hydrogen-bond donors (Lipinski definition) is 1.